The molecule has 186 valence electrons. The summed E-state index contributed by atoms with van der Waals surface area (Å²) in [5, 5.41) is 1.78. The molecule has 5 aromatic rings. The van der Waals surface area contributed by atoms with Gasteiger partial charge >= 0.3 is 11.6 Å². The number of rotatable bonds is 9. The number of pyridine rings is 1. The van der Waals surface area contributed by atoms with E-state index in [1.54, 1.807) is 37.1 Å². The number of nitrogens with zero attached hydrogens (tertiary/aromatic N) is 1. The van der Waals surface area contributed by atoms with Gasteiger partial charge in [0.1, 0.15) is 16.9 Å². The van der Waals surface area contributed by atoms with Gasteiger partial charge in [-0.1, -0.05) is 48.5 Å². The second kappa shape index (κ2) is 11.3. The van der Waals surface area contributed by atoms with Crippen LogP contribution in [0.2, 0.25) is 0 Å². The monoisotopic (exact) mass is 511 g/mol. The summed E-state index contributed by atoms with van der Waals surface area (Å²) < 4.78 is 16.1. The zero-order valence-corrected chi connectivity index (χ0v) is 21.1. The first-order valence-corrected chi connectivity index (χ1v) is 13.0. The minimum atomic E-state index is -0.685. The predicted molar refractivity (Wildman–Crippen MR) is 146 cm³/mol. The molecule has 7 heteroatoms. The number of carbonyl (C=O) groups excluding carboxylic acids is 1. The molecule has 0 atom stereocenters. The summed E-state index contributed by atoms with van der Waals surface area (Å²) in [5.74, 6) is 0.965. The molecular formula is C30H25NO5S. The first kappa shape index (κ1) is 24.6. The van der Waals surface area contributed by atoms with Gasteiger partial charge in [-0.05, 0) is 55.0 Å². The highest BCUT2D eigenvalue weighted by Crippen LogP contribution is 2.35. The van der Waals surface area contributed by atoms with Crippen molar-refractivity contribution < 1.29 is 18.7 Å². The molecule has 6 nitrogen and oxygen atoms in total. The zero-order chi connectivity index (χ0) is 25.6. The van der Waals surface area contributed by atoms with E-state index in [4.69, 9.17) is 18.9 Å². The van der Waals surface area contributed by atoms with Crippen LogP contribution in [0.3, 0.4) is 0 Å². The molecule has 0 aliphatic carbocycles. The van der Waals surface area contributed by atoms with E-state index in [0.717, 1.165) is 45.0 Å². The Morgan fingerprint density at radius 2 is 1.73 bits per heavy atom. The Kier molecular flexibility index (Phi) is 7.51. The Morgan fingerprint density at radius 1 is 0.946 bits per heavy atom. The third-order valence-corrected chi connectivity index (χ3v) is 7.09. The number of fused-ring (bicyclic) bond motifs is 2. The fourth-order valence-corrected chi connectivity index (χ4v) is 5.18. The van der Waals surface area contributed by atoms with Crippen LogP contribution >= 0.6 is 11.8 Å². The molecule has 0 aliphatic heterocycles. The topological polar surface area (TPSA) is 78.6 Å². The van der Waals surface area contributed by atoms with Crippen molar-refractivity contribution in [3.8, 4) is 17.0 Å². The van der Waals surface area contributed by atoms with E-state index in [-0.39, 0.29) is 12.2 Å². The number of hydrogen-bond donors (Lipinski definition) is 0. The lowest BCUT2D eigenvalue weighted by molar-refractivity contribution is 0.0495. The largest absolute Gasteiger partial charge is 0.496 e. The van der Waals surface area contributed by atoms with Crippen molar-refractivity contribution in [1.29, 1.82) is 0 Å². The first-order chi connectivity index (χ1) is 18.1. The third-order valence-electron chi connectivity index (χ3n) is 5.95. The molecule has 0 bridgehead atoms. The standard InChI is InChI=1S/C30H25NO5S/c1-34-27-15-7-4-11-21(27)25-19-28(22-12-3-5-13-24(22)31-25)37-17-9-8-16-35-29(32)23-18-20-10-2-6-14-26(20)36-30(23)33/h2-7,10-15,18-19H,8-9,16-17H2,1H3. The van der Waals surface area contributed by atoms with Gasteiger partial charge in [0.15, 0.2) is 0 Å². The summed E-state index contributed by atoms with van der Waals surface area (Å²) in [6, 6.07) is 26.6. The lowest BCUT2D eigenvalue weighted by atomic mass is 10.1. The van der Waals surface area contributed by atoms with Crippen molar-refractivity contribution >= 4 is 39.6 Å². The average Bonchev–Trinajstić information content (AvgIpc) is 2.94. The van der Waals surface area contributed by atoms with E-state index in [9.17, 15) is 9.59 Å². The van der Waals surface area contributed by atoms with E-state index in [2.05, 4.69) is 12.1 Å². The van der Waals surface area contributed by atoms with E-state index in [1.807, 2.05) is 48.5 Å². The molecule has 0 fully saturated rings. The number of hydrogen-bond acceptors (Lipinski definition) is 7. The van der Waals surface area contributed by atoms with Gasteiger partial charge in [-0.2, -0.15) is 0 Å². The second-order valence-corrected chi connectivity index (χ2v) is 9.54. The Hall–Kier alpha value is -4.10. The summed E-state index contributed by atoms with van der Waals surface area (Å²) in [5.41, 5.74) is 2.41. The fraction of sp³-hybridized carbons (Fsp3) is 0.167. The molecule has 0 N–H and O–H groups in total. The number of para-hydroxylation sites is 3. The maximum absolute atomic E-state index is 12.4. The molecule has 0 amide bonds. The second-order valence-electron chi connectivity index (χ2n) is 8.40. The highest BCUT2D eigenvalue weighted by molar-refractivity contribution is 7.99. The lowest BCUT2D eigenvalue weighted by Gasteiger charge is -2.12. The van der Waals surface area contributed by atoms with Crippen molar-refractivity contribution in [3.05, 3.63) is 101 Å². The Morgan fingerprint density at radius 3 is 2.62 bits per heavy atom. The molecule has 2 heterocycles. The molecule has 0 radical (unpaired) electrons. The SMILES string of the molecule is COc1ccccc1-c1cc(SCCCCOC(=O)c2cc3ccccc3oc2=O)c2ccccc2n1. The summed E-state index contributed by atoms with van der Waals surface area (Å²) in [6.07, 6.45) is 1.52. The third kappa shape index (κ3) is 5.52. The van der Waals surface area contributed by atoms with Crippen LogP contribution in [0, 0.1) is 0 Å². The number of esters is 1. The number of unbranched alkanes of at least 4 members (excludes halogenated alkanes) is 1. The smallest absolute Gasteiger partial charge is 0.351 e. The molecule has 0 aliphatic rings. The zero-order valence-electron chi connectivity index (χ0n) is 20.3. The van der Waals surface area contributed by atoms with Crippen molar-refractivity contribution in [2.45, 2.75) is 17.7 Å². The summed E-state index contributed by atoms with van der Waals surface area (Å²) in [6.45, 7) is 0.231. The average molecular weight is 512 g/mol. The van der Waals surface area contributed by atoms with Gasteiger partial charge in [-0.3, -0.25) is 0 Å². The van der Waals surface area contributed by atoms with Gasteiger partial charge in [-0.15, -0.1) is 11.8 Å². The summed E-state index contributed by atoms with van der Waals surface area (Å²) in [7, 11) is 1.66. The number of thioether (sulfide) groups is 1. The quantitative estimate of drug-likeness (QED) is 0.0938. The highest BCUT2D eigenvalue weighted by Gasteiger charge is 2.15. The van der Waals surface area contributed by atoms with Crippen molar-refractivity contribution in [2.75, 3.05) is 19.5 Å². The molecule has 0 spiro atoms. The Bertz CT molecular complexity index is 1630. The van der Waals surface area contributed by atoms with Gasteiger partial charge < -0.3 is 13.9 Å². The molecule has 3 aromatic carbocycles. The molecule has 0 saturated heterocycles. The normalized spacial score (nSPS) is 11.1. The minimum Gasteiger partial charge on any atom is -0.496 e. The van der Waals surface area contributed by atoms with Crippen LogP contribution in [0.25, 0.3) is 33.1 Å². The predicted octanol–water partition coefficient (Wildman–Crippen LogP) is 6.75. The van der Waals surface area contributed by atoms with Crippen LogP contribution in [0.4, 0.5) is 0 Å². The van der Waals surface area contributed by atoms with Crippen LogP contribution in [0.15, 0.2) is 99.0 Å². The van der Waals surface area contributed by atoms with Gasteiger partial charge in [0.05, 0.1) is 24.9 Å². The van der Waals surface area contributed by atoms with Crippen LogP contribution < -0.4 is 10.4 Å². The summed E-state index contributed by atoms with van der Waals surface area (Å²) in [4.78, 5) is 30.6. The van der Waals surface area contributed by atoms with E-state index >= 15 is 0 Å². The van der Waals surface area contributed by atoms with E-state index in [0.29, 0.717) is 17.4 Å². The van der Waals surface area contributed by atoms with Crippen LogP contribution in [0.1, 0.15) is 23.2 Å². The number of benzene rings is 3. The van der Waals surface area contributed by atoms with Crippen LogP contribution in [-0.4, -0.2) is 30.4 Å². The fourth-order valence-electron chi connectivity index (χ4n) is 4.09. The highest BCUT2D eigenvalue weighted by atomic mass is 32.2. The maximum Gasteiger partial charge on any atom is 0.351 e. The van der Waals surface area contributed by atoms with Gasteiger partial charge in [-0.25, -0.2) is 14.6 Å². The van der Waals surface area contributed by atoms with Crippen LogP contribution in [0.5, 0.6) is 5.75 Å². The Labute approximate surface area is 218 Å². The molecule has 0 unspecified atom stereocenters. The van der Waals surface area contributed by atoms with Crippen molar-refractivity contribution in [1.82, 2.24) is 4.98 Å². The molecule has 37 heavy (non-hydrogen) atoms. The van der Waals surface area contributed by atoms with E-state index < -0.39 is 11.6 Å². The molecular weight excluding hydrogens is 486 g/mol. The van der Waals surface area contributed by atoms with Gasteiger partial charge in [0, 0.05) is 21.2 Å². The van der Waals surface area contributed by atoms with Gasteiger partial charge in [0.2, 0.25) is 0 Å². The molecule has 0 saturated carbocycles. The molecule has 2 aromatic heterocycles. The lowest BCUT2D eigenvalue weighted by Crippen LogP contribution is -2.17. The van der Waals surface area contributed by atoms with Gasteiger partial charge in [0.25, 0.3) is 0 Å². The Balaban J connectivity index is 1.21. The number of methoxy groups -OCH3 is 1. The maximum atomic E-state index is 12.4. The number of aromatic nitrogens is 1. The van der Waals surface area contributed by atoms with E-state index in [1.165, 1.54) is 6.07 Å². The van der Waals surface area contributed by atoms with Crippen molar-refractivity contribution in [3.63, 3.8) is 0 Å². The number of carbonyl (C=O) groups is 1. The van der Waals surface area contributed by atoms with Crippen LogP contribution in [-0.2, 0) is 4.74 Å². The first-order valence-electron chi connectivity index (χ1n) is 12.0. The number of ether oxygens (including phenoxy) is 2. The van der Waals surface area contributed by atoms with Crippen molar-refractivity contribution in [2.24, 2.45) is 0 Å². The minimum absolute atomic E-state index is 0.0831. The summed E-state index contributed by atoms with van der Waals surface area (Å²) >= 11 is 1.74. The molecule has 5 rings (SSSR count).